The van der Waals surface area contributed by atoms with Crippen molar-refractivity contribution in [1.82, 2.24) is 5.32 Å². The number of hydrogen-bond acceptors (Lipinski definition) is 5. The number of carbonyl (C=O) groups is 2. The van der Waals surface area contributed by atoms with Crippen LogP contribution in [0.4, 0.5) is 0 Å². The molecule has 0 aliphatic carbocycles. The Balaban J connectivity index is 3.33. The molecule has 0 heterocycles. The molecular formula is C64H125NO5. The van der Waals surface area contributed by atoms with Crippen LogP contribution in [0.1, 0.15) is 361 Å². The van der Waals surface area contributed by atoms with Gasteiger partial charge in [-0.25, -0.2) is 0 Å². The van der Waals surface area contributed by atoms with Crippen molar-refractivity contribution < 1.29 is 24.5 Å². The molecular weight excluding hydrogens is 863 g/mol. The number of rotatable bonds is 60. The number of esters is 1. The van der Waals surface area contributed by atoms with Gasteiger partial charge in [0.1, 0.15) is 0 Å². The van der Waals surface area contributed by atoms with Gasteiger partial charge in [-0.15, -0.1) is 0 Å². The Morgan fingerprint density at radius 2 is 0.671 bits per heavy atom. The average molecular weight is 989 g/mol. The summed E-state index contributed by atoms with van der Waals surface area (Å²) >= 11 is 0. The van der Waals surface area contributed by atoms with Gasteiger partial charge in [0.15, 0.2) is 0 Å². The van der Waals surface area contributed by atoms with E-state index in [4.69, 9.17) is 4.74 Å². The van der Waals surface area contributed by atoms with Gasteiger partial charge in [-0.3, -0.25) is 9.59 Å². The standard InChI is InChI=1S/C64H125NO5/c1-3-5-7-9-11-13-15-16-31-35-38-42-46-50-54-58-64(69)70-59-55-51-47-43-39-36-33-30-28-26-24-22-20-18-17-19-21-23-25-27-29-32-34-37-41-45-49-53-57-63(68)65-61(60-66)62(67)56-52-48-44-40-14-12-10-8-6-4-2/h17-18,61-62,66-67H,3-16,19-60H2,1-2H3,(H,65,68)/b18-17-. The molecule has 70 heavy (non-hydrogen) atoms. The van der Waals surface area contributed by atoms with Crippen LogP contribution in [-0.4, -0.2) is 47.4 Å². The van der Waals surface area contributed by atoms with Crippen LogP contribution >= 0.6 is 0 Å². The lowest BCUT2D eigenvalue weighted by molar-refractivity contribution is -0.143. The summed E-state index contributed by atoms with van der Waals surface area (Å²) < 4.78 is 5.49. The molecule has 6 nitrogen and oxygen atoms in total. The van der Waals surface area contributed by atoms with E-state index in [1.807, 2.05) is 0 Å². The predicted octanol–water partition coefficient (Wildman–Crippen LogP) is 20.0. The van der Waals surface area contributed by atoms with E-state index in [0.29, 0.717) is 25.9 Å². The van der Waals surface area contributed by atoms with Crippen LogP contribution in [0.25, 0.3) is 0 Å². The first kappa shape index (κ1) is 68.6. The molecule has 0 fully saturated rings. The molecule has 416 valence electrons. The third-order valence-electron chi connectivity index (χ3n) is 15.1. The fourth-order valence-corrected chi connectivity index (χ4v) is 10.2. The molecule has 0 aliphatic rings. The Labute approximate surface area is 438 Å². The molecule has 0 aromatic rings. The quantitative estimate of drug-likeness (QED) is 0.0321. The van der Waals surface area contributed by atoms with Gasteiger partial charge in [-0.1, -0.05) is 309 Å². The van der Waals surface area contributed by atoms with Crippen molar-refractivity contribution in [3.05, 3.63) is 12.2 Å². The topological polar surface area (TPSA) is 95.9 Å². The molecule has 0 spiro atoms. The zero-order valence-corrected chi connectivity index (χ0v) is 47.5. The van der Waals surface area contributed by atoms with Crippen molar-refractivity contribution in [2.45, 2.75) is 373 Å². The van der Waals surface area contributed by atoms with Crippen LogP contribution in [0.2, 0.25) is 0 Å². The first-order chi connectivity index (χ1) is 34.5. The number of hydrogen-bond donors (Lipinski definition) is 3. The minimum absolute atomic E-state index is 0.0193. The molecule has 0 aliphatic heterocycles. The van der Waals surface area contributed by atoms with Crippen molar-refractivity contribution in [2.75, 3.05) is 13.2 Å². The molecule has 3 N–H and O–H groups in total. The Hall–Kier alpha value is -1.40. The Morgan fingerprint density at radius 1 is 0.386 bits per heavy atom. The van der Waals surface area contributed by atoms with Crippen molar-refractivity contribution >= 4 is 11.9 Å². The maximum atomic E-state index is 12.4. The van der Waals surface area contributed by atoms with Gasteiger partial charge in [0.25, 0.3) is 0 Å². The fraction of sp³-hybridized carbons (Fsp3) is 0.938. The second-order valence-corrected chi connectivity index (χ2v) is 22.1. The summed E-state index contributed by atoms with van der Waals surface area (Å²) in [6, 6.07) is -0.539. The second kappa shape index (κ2) is 60.2. The number of allylic oxidation sites excluding steroid dienone is 2. The molecule has 0 rings (SSSR count). The van der Waals surface area contributed by atoms with Crippen molar-refractivity contribution in [2.24, 2.45) is 0 Å². The Bertz CT molecular complexity index is 1050. The first-order valence-corrected chi connectivity index (χ1v) is 31.9. The number of aliphatic hydroxyl groups is 2. The summed E-state index contributed by atoms with van der Waals surface area (Å²) in [5.74, 6) is -0.0157. The van der Waals surface area contributed by atoms with E-state index < -0.39 is 12.1 Å². The lowest BCUT2D eigenvalue weighted by Crippen LogP contribution is -2.45. The molecule has 2 unspecified atom stereocenters. The van der Waals surface area contributed by atoms with Gasteiger partial charge in [-0.05, 0) is 51.4 Å². The SMILES string of the molecule is CCCCCCCCCCCCCCCCCC(=O)OCCCCCCCCCCCCCC/C=C\CCCCCCCCCCCCCCC(=O)NC(CO)C(O)CCCCCCCCCCCC. The van der Waals surface area contributed by atoms with Gasteiger partial charge >= 0.3 is 5.97 Å². The van der Waals surface area contributed by atoms with E-state index in [9.17, 15) is 19.8 Å². The van der Waals surface area contributed by atoms with Gasteiger partial charge in [0.05, 0.1) is 25.4 Å². The molecule has 6 heteroatoms. The van der Waals surface area contributed by atoms with Crippen LogP contribution in [-0.2, 0) is 14.3 Å². The minimum atomic E-state index is -0.661. The van der Waals surface area contributed by atoms with E-state index in [1.165, 1.54) is 289 Å². The molecule has 0 radical (unpaired) electrons. The second-order valence-electron chi connectivity index (χ2n) is 22.1. The lowest BCUT2D eigenvalue weighted by atomic mass is 10.0. The Kier molecular flexibility index (Phi) is 59.0. The van der Waals surface area contributed by atoms with Gasteiger partial charge in [-0.2, -0.15) is 0 Å². The van der Waals surface area contributed by atoms with Crippen LogP contribution < -0.4 is 5.32 Å². The number of carbonyl (C=O) groups excluding carboxylic acids is 2. The lowest BCUT2D eigenvalue weighted by Gasteiger charge is -2.22. The van der Waals surface area contributed by atoms with Crippen LogP contribution in [0, 0.1) is 0 Å². The molecule has 0 aromatic carbocycles. The Morgan fingerprint density at radius 3 is 1.01 bits per heavy atom. The molecule has 0 saturated heterocycles. The van der Waals surface area contributed by atoms with E-state index >= 15 is 0 Å². The zero-order chi connectivity index (χ0) is 50.7. The predicted molar refractivity (Wildman–Crippen MR) is 306 cm³/mol. The van der Waals surface area contributed by atoms with Crippen LogP contribution in [0.5, 0.6) is 0 Å². The molecule has 1 amide bonds. The van der Waals surface area contributed by atoms with Crippen molar-refractivity contribution in [3.8, 4) is 0 Å². The highest BCUT2D eigenvalue weighted by atomic mass is 16.5. The van der Waals surface area contributed by atoms with Crippen molar-refractivity contribution in [1.29, 1.82) is 0 Å². The normalized spacial score (nSPS) is 12.6. The summed E-state index contributed by atoms with van der Waals surface area (Å²) in [5.41, 5.74) is 0. The van der Waals surface area contributed by atoms with Gasteiger partial charge in [0, 0.05) is 12.8 Å². The average Bonchev–Trinajstić information content (AvgIpc) is 3.36. The highest BCUT2D eigenvalue weighted by Gasteiger charge is 2.20. The van der Waals surface area contributed by atoms with E-state index in [2.05, 4.69) is 31.3 Å². The largest absolute Gasteiger partial charge is 0.466 e. The summed E-state index contributed by atoms with van der Waals surface area (Å²) in [7, 11) is 0. The van der Waals surface area contributed by atoms with E-state index in [-0.39, 0.29) is 18.5 Å². The number of unbranched alkanes of at least 4 members (excludes halogenated alkanes) is 47. The third-order valence-corrected chi connectivity index (χ3v) is 15.1. The number of amides is 1. The van der Waals surface area contributed by atoms with Crippen molar-refractivity contribution in [3.63, 3.8) is 0 Å². The summed E-state index contributed by atoms with van der Waals surface area (Å²) in [6.45, 7) is 4.97. The van der Waals surface area contributed by atoms with E-state index in [1.54, 1.807) is 0 Å². The summed E-state index contributed by atoms with van der Waals surface area (Å²) in [4.78, 5) is 24.5. The number of nitrogens with one attached hydrogen (secondary N) is 1. The summed E-state index contributed by atoms with van der Waals surface area (Å²) in [6.07, 6.45) is 72.4. The maximum absolute atomic E-state index is 12.4. The summed E-state index contributed by atoms with van der Waals surface area (Å²) in [5, 5.41) is 23.2. The van der Waals surface area contributed by atoms with Gasteiger partial charge in [0.2, 0.25) is 5.91 Å². The molecule has 0 saturated carbocycles. The number of ether oxygens (including phenoxy) is 1. The smallest absolute Gasteiger partial charge is 0.305 e. The molecule has 2 atom stereocenters. The zero-order valence-electron chi connectivity index (χ0n) is 47.5. The number of aliphatic hydroxyl groups excluding tert-OH is 2. The highest BCUT2D eigenvalue weighted by molar-refractivity contribution is 5.76. The monoisotopic (exact) mass is 988 g/mol. The van der Waals surface area contributed by atoms with E-state index in [0.717, 1.165) is 38.5 Å². The fourth-order valence-electron chi connectivity index (χ4n) is 10.2. The minimum Gasteiger partial charge on any atom is -0.466 e. The van der Waals surface area contributed by atoms with Crippen LogP contribution in [0.3, 0.4) is 0 Å². The van der Waals surface area contributed by atoms with Gasteiger partial charge < -0.3 is 20.3 Å². The highest BCUT2D eigenvalue weighted by Crippen LogP contribution is 2.18. The molecule has 0 bridgehead atoms. The molecule has 0 aromatic heterocycles. The third kappa shape index (κ3) is 55.9. The van der Waals surface area contributed by atoms with Crippen LogP contribution in [0.15, 0.2) is 12.2 Å². The maximum Gasteiger partial charge on any atom is 0.305 e. The first-order valence-electron chi connectivity index (χ1n) is 31.9.